The molecule has 1 atom stereocenters. The van der Waals surface area contributed by atoms with Crippen LogP contribution in [0.3, 0.4) is 0 Å². The lowest BCUT2D eigenvalue weighted by Gasteiger charge is -2.19. The number of carbonyl (C=O) groups is 2. The minimum Gasteiger partial charge on any atom is -0.471 e. The van der Waals surface area contributed by atoms with Gasteiger partial charge in [-0.2, -0.15) is 4.37 Å². The van der Waals surface area contributed by atoms with Gasteiger partial charge in [-0.3, -0.25) is 10.1 Å². The standard InChI is InChI=1S/C19H22ClF2N5O3S/c1-27-6-2-3-11(27)4-5-24-19(29)25-18-15(16(23)28)17(26-31-18)30-9-12-13(21)7-10(20)8-14(12)22/h7-8,11H,2-6,9H2,1H3,(H2,23,28)(H2,24,25,29). The zero-order valence-electron chi connectivity index (χ0n) is 16.7. The SMILES string of the molecule is CN1CCCC1CCNC(=O)Nc1snc(OCc2c(F)cc(Cl)cc2F)c1C(N)=O. The average Bonchev–Trinajstić information content (AvgIpc) is 3.27. The molecule has 1 aromatic heterocycles. The number of halogens is 3. The van der Waals surface area contributed by atoms with Crippen molar-refractivity contribution >= 4 is 40.1 Å². The number of likely N-dealkylation sites (tertiary alicyclic amines) is 1. The number of nitrogens with two attached hydrogens (primary N) is 1. The Balaban J connectivity index is 1.61. The number of nitrogens with zero attached hydrogens (tertiary/aromatic N) is 2. The van der Waals surface area contributed by atoms with Gasteiger partial charge >= 0.3 is 6.03 Å². The third kappa shape index (κ3) is 5.81. The number of amides is 3. The minimum atomic E-state index is -0.899. The maximum absolute atomic E-state index is 13.9. The minimum absolute atomic E-state index is 0.0787. The van der Waals surface area contributed by atoms with Crippen LogP contribution in [0.1, 0.15) is 35.2 Å². The van der Waals surface area contributed by atoms with Gasteiger partial charge in [-0.05, 0) is 56.5 Å². The smallest absolute Gasteiger partial charge is 0.319 e. The summed E-state index contributed by atoms with van der Waals surface area (Å²) in [6.07, 6.45) is 3.04. The van der Waals surface area contributed by atoms with Crippen LogP contribution in [-0.2, 0) is 6.61 Å². The summed E-state index contributed by atoms with van der Waals surface area (Å²) in [6, 6.07) is 1.80. The molecule has 31 heavy (non-hydrogen) atoms. The maximum Gasteiger partial charge on any atom is 0.319 e. The molecule has 0 aliphatic carbocycles. The molecule has 1 unspecified atom stereocenters. The molecule has 0 radical (unpaired) electrons. The molecule has 12 heteroatoms. The number of anilines is 1. The number of hydrogen-bond donors (Lipinski definition) is 3. The van der Waals surface area contributed by atoms with E-state index >= 15 is 0 Å². The van der Waals surface area contributed by atoms with Crippen LogP contribution < -0.4 is 21.1 Å². The molecule has 4 N–H and O–H groups in total. The number of primary amides is 1. The van der Waals surface area contributed by atoms with Crippen LogP contribution in [0.25, 0.3) is 0 Å². The van der Waals surface area contributed by atoms with E-state index in [1.54, 1.807) is 0 Å². The monoisotopic (exact) mass is 473 g/mol. The second-order valence-electron chi connectivity index (χ2n) is 7.14. The number of aromatic nitrogens is 1. The molecule has 1 aromatic carbocycles. The second-order valence-corrected chi connectivity index (χ2v) is 8.35. The fraction of sp³-hybridized carbons (Fsp3) is 0.421. The first-order valence-electron chi connectivity index (χ1n) is 9.57. The van der Waals surface area contributed by atoms with E-state index in [-0.39, 0.29) is 27.0 Å². The molecule has 8 nitrogen and oxygen atoms in total. The van der Waals surface area contributed by atoms with Gasteiger partial charge in [-0.1, -0.05) is 11.6 Å². The molecule has 3 amide bonds. The molecule has 2 aromatic rings. The molecule has 1 aliphatic rings. The largest absolute Gasteiger partial charge is 0.471 e. The van der Waals surface area contributed by atoms with Crippen molar-refractivity contribution in [2.24, 2.45) is 5.73 Å². The van der Waals surface area contributed by atoms with Gasteiger partial charge in [0, 0.05) is 17.6 Å². The van der Waals surface area contributed by atoms with Crippen molar-refractivity contribution in [1.82, 2.24) is 14.6 Å². The number of rotatable bonds is 8. The third-order valence-corrected chi connectivity index (χ3v) is 5.99. The van der Waals surface area contributed by atoms with Crippen LogP contribution >= 0.6 is 23.1 Å². The second kappa shape index (κ2) is 10.2. The van der Waals surface area contributed by atoms with E-state index in [0.29, 0.717) is 12.6 Å². The van der Waals surface area contributed by atoms with Crippen LogP contribution in [0.4, 0.5) is 18.6 Å². The van der Waals surface area contributed by atoms with Crippen LogP contribution in [0.2, 0.25) is 5.02 Å². The first kappa shape index (κ1) is 23.2. The molecule has 1 aliphatic heterocycles. The van der Waals surface area contributed by atoms with Gasteiger partial charge in [0.15, 0.2) is 0 Å². The number of hydrogen-bond acceptors (Lipinski definition) is 6. The zero-order chi connectivity index (χ0) is 22.5. The summed E-state index contributed by atoms with van der Waals surface area (Å²) in [7, 11) is 2.05. The summed E-state index contributed by atoms with van der Waals surface area (Å²) in [6.45, 7) is 0.968. The van der Waals surface area contributed by atoms with E-state index in [0.717, 1.165) is 49.5 Å². The predicted octanol–water partition coefficient (Wildman–Crippen LogP) is 3.36. The van der Waals surface area contributed by atoms with E-state index in [4.69, 9.17) is 22.1 Å². The Kier molecular flexibility index (Phi) is 7.63. The predicted molar refractivity (Wildman–Crippen MR) is 114 cm³/mol. The van der Waals surface area contributed by atoms with Gasteiger partial charge in [0.2, 0.25) is 5.88 Å². The van der Waals surface area contributed by atoms with Gasteiger partial charge in [0.25, 0.3) is 5.91 Å². The molecule has 0 spiro atoms. The van der Waals surface area contributed by atoms with Gasteiger partial charge in [0.1, 0.15) is 28.8 Å². The van der Waals surface area contributed by atoms with Crippen LogP contribution in [0.5, 0.6) is 5.88 Å². The summed E-state index contributed by atoms with van der Waals surface area (Å²) in [5.41, 5.74) is 4.83. The number of carbonyl (C=O) groups excluding carboxylic acids is 2. The Morgan fingerprint density at radius 2 is 2.10 bits per heavy atom. The Labute approximate surface area is 186 Å². The van der Waals surface area contributed by atoms with Crippen molar-refractivity contribution in [3.63, 3.8) is 0 Å². The van der Waals surface area contributed by atoms with Gasteiger partial charge in [-0.25, -0.2) is 13.6 Å². The van der Waals surface area contributed by atoms with E-state index in [1.165, 1.54) is 0 Å². The highest BCUT2D eigenvalue weighted by molar-refractivity contribution is 7.11. The normalized spacial score (nSPS) is 16.3. The molecule has 0 bridgehead atoms. The molecule has 0 saturated carbocycles. The first-order valence-corrected chi connectivity index (χ1v) is 10.7. The number of urea groups is 1. The van der Waals surface area contributed by atoms with Crippen molar-refractivity contribution in [3.8, 4) is 5.88 Å². The van der Waals surface area contributed by atoms with E-state index in [9.17, 15) is 18.4 Å². The molecule has 1 fully saturated rings. The van der Waals surface area contributed by atoms with Crippen LogP contribution in [0, 0.1) is 11.6 Å². The topological polar surface area (TPSA) is 110 Å². The van der Waals surface area contributed by atoms with Crippen LogP contribution in [0.15, 0.2) is 12.1 Å². The van der Waals surface area contributed by atoms with Crippen molar-refractivity contribution in [1.29, 1.82) is 0 Å². The third-order valence-electron chi connectivity index (χ3n) is 5.03. The van der Waals surface area contributed by atoms with Crippen molar-refractivity contribution in [2.45, 2.75) is 31.9 Å². The lowest BCUT2D eigenvalue weighted by Crippen LogP contribution is -2.34. The Bertz CT molecular complexity index is 951. The molecular formula is C19H22ClF2N5O3S. The van der Waals surface area contributed by atoms with Crippen LogP contribution in [-0.4, -0.2) is 47.4 Å². The summed E-state index contributed by atoms with van der Waals surface area (Å²) in [5.74, 6) is -2.92. The van der Waals surface area contributed by atoms with Crippen molar-refractivity contribution in [2.75, 3.05) is 25.5 Å². The van der Waals surface area contributed by atoms with Gasteiger partial charge in [0.05, 0.1) is 5.56 Å². The molecule has 3 rings (SSSR count). The molecule has 2 heterocycles. The van der Waals surface area contributed by atoms with E-state index < -0.39 is 30.2 Å². The maximum atomic E-state index is 13.9. The first-order chi connectivity index (χ1) is 14.8. The highest BCUT2D eigenvalue weighted by Crippen LogP contribution is 2.31. The Morgan fingerprint density at radius 1 is 1.39 bits per heavy atom. The number of benzene rings is 1. The van der Waals surface area contributed by atoms with Crippen molar-refractivity contribution < 1.29 is 23.1 Å². The molecular weight excluding hydrogens is 452 g/mol. The average molecular weight is 474 g/mol. The summed E-state index contributed by atoms with van der Waals surface area (Å²) in [4.78, 5) is 26.3. The Hall–Kier alpha value is -2.50. The van der Waals surface area contributed by atoms with Gasteiger partial charge < -0.3 is 20.7 Å². The quantitative estimate of drug-likeness (QED) is 0.544. The Morgan fingerprint density at radius 3 is 2.71 bits per heavy atom. The number of nitrogens with one attached hydrogen (secondary N) is 2. The fourth-order valence-electron chi connectivity index (χ4n) is 3.37. The summed E-state index contributed by atoms with van der Waals surface area (Å²) in [5, 5.41) is 5.24. The highest BCUT2D eigenvalue weighted by atomic mass is 35.5. The summed E-state index contributed by atoms with van der Waals surface area (Å²) < 4.78 is 37.1. The van der Waals surface area contributed by atoms with Crippen molar-refractivity contribution in [3.05, 3.63) is 39.9 Å². The summed E-state index contributed by atoms with van der Waals surface area (Å²) >= 11 is 6.37. The number of ether oxygens (including phenoxy) is 1. The highest BCUT2D eigenvalue weighted by Gasteiger charge is 2.24. The fourth-order valence-corrected chi connectivity index (χ4v) is 4.30. The molecule has 1 saturated heterocycles. The molecule has 168 valence electrons. The lowest BCUT2D eigenvalue weighted by atomic mass is 10.1. The lowest BCUT2D eigenvalue weighted by molar-refractivity contribution is 0.0996. The van der Waals surface area contributed by atoms with E-state index in [2.05, 4.69) is 27.0 Å². The zero-order valence-corrected chi connectivity index (χ0v) is 18.3. The van der Waals surface area contributed by atoms with Gasteiger partial charge in [-0.15, -0.1) is 0 Å². The van der Waals surface area contributed by atoms with E-state index in [1.807, 2.05) is 0 Å².